The molecular formula is C36H53N5O4. The van der Waals surface area contributed by atoms with Gasteiger partial charge in [-0.1, -0.05) is 45.3 Å². The highest BCUT2D eigenvalue weighted by molar-refractivity contribution is 6.00. The van der Waals surface area contributed by atoms with E-state index in [1.165, 1.54) is 5.57 Å². The second-order valence-corrected chi connectivity index (χ2v) is 13.1. The van der Waals surface area contributed by atoms with Gasteiger partial charge in [-0.2, -0.15) is 5.10 Å². The quantitative estimate of drug-likeness (QED) is 0.277. The van der Waals surface area contributed by atoms with Crippen molar-refractivity contribution in [3.63, 3.8) is 0 Å². The van der Waals surface area contributed by atoms with Gasteiger partial charge in [0.1, 0.15) is 0 Å². The SMILES string of the molecule is CCCN(CCC)C(=O)c1cc(C)cc(C(=O)N[C@@H](CC2=CCC(C)CC2)[C@@H](O)Cn2cc(C(=O)N3CCCCCC3)cn2)c1. The fourth-order valence-electron chi connectivity index (χ4n) is 6.45. The number of hydrogen-bond acceptors (Lipinski definition) is 5. The molecule has 1 saturated heterocycles. The number of carbonyl (C=O) groups excluding carboxylic acids is 3. The largest absolute Gasteiger partial charge is 0.389 e. The van der Waals surface area contributed by atoms with Gasteiger partial charge in [-0.15, -0.1) is 0 Å². The zero-order chi connectivity index (χ0) is 32.3. The summed E-state index contributed by atoms with van der Waals surface area (Å²) in [5.41, 5.74) is 3.48. The minimum atomic E-state index is -0.939. The first-order chi connectivity index (χ1) is 21.7. The summed E-state index contributed by atoms with van der Waals surface area (Å²) in [4.78, 5) is 43.9. The number of carbonyl (C=O) groups is 3. The Morgan fingerprint density at radius 1 is 1.02 bits per heavy atom. The normalized spacial score (nSPS) is 18.5. The van der Waals surface area contributed by atoms with E-state index in [0.717, 1.165) is 76.4 Å². The van der Waals surface area contributed by atoms with Crippen LogP contribution in [-0.2, 0) is 6.54 Å². The van der Waals surface area contributed by atoms with E-state index in [9.17, 15) is 19.5 Å². The van der Waals surface area contributed by atoms with E-state index in [-0.39, 0.29) is 24.3 Å². The molecule has 0 spiro atoms. The standard InChI is InChI=1S/C36H53N5O4/c1-5-15-39(16-6-2)35(44)30-20-27(4)19-29(22-30)34(43)38-32(21-28-13-11-26(3)12-14-28)33(42)25-41-24-31(23-37-41)36(45)40-17-9-7-8-10-18-40/h13,19-20,22-24,26,32-33,42H,5-12,14-18,21,25H2,1-4H3,(H,38,43)/t26?,32-,33-/m0/s1. The number of rotatable bonds is 13. The van der Waals surface area contributed by atoms with Crippen molar-refractivity contribution in [2.45, 2.75) is 111 Å². The molecule has 1 aromatic heterocycles. The summed E-state index contributed by atoms with van der Waals surface area (Å²) in [6.07, 6.45) is 14.2. The molecule has 0 saturated carbocycles. The third-order valence-corrected chi connectivity index (χ3v) is 9.04. The summed E-state index contributed by atoms with van der Waals surface area (Å²) in [5, 5.41) is 19.0. The highest BCUT2D eigenvalue weighted by Crippen LogP contribution is 2.27. The van der Waals surface area contributed by atoms with Crippen molar-refractivity contribution in [1.82, 2.24) is 24.9 Å². The zero-order valence-corrected chi connectivity index (χ0v) is 27.8. The topological polar surface area (TPSA) is 108 Å². The highest BCUT2D eigenvalue weighted by atomic mass is 16.3. The molecule has 3 amide bonds. The second-order valence-electron chi connectivity index (χ2n) is 13.1. The summed E-state index contributed by atoms with van der Waals surface area (Å²) in [7, 11) is 0. The van der Waals surface area contributed by atoms with E-state index in [4.69, 9.17) is 0 Å². The molecule has 246 valence electrons. The van der Waals surface area contributed by atoms with Crippen molar-refractivity contribution < 1.29 is 19.5 Å². The Hall–Kier alpha value is -3.46. The molecule has 2 aromatic rings. The third kappa shape index (κ3) is 9.76. The minimum Gasteiger partial charge on any atom is -0.389 e. The van der Waals surface area contributed by atoms with Crippen molar-refractivity contribution in [3.8, 4) is 0 Å². The van der Waals surface area contributed by atoms with Gasteiger partial charge < -0.3 is 20.2 Å². The third-order valence-electron chi connectivity index (χ3n) is 9.04. The number of likely N-dealkylation sites (tertiary alicyclic amines) is 1. The van der Waals surface area contributed by atoms with Crippen LogP contribution in [0.3, 0.4) is 0 Å². The molecule has 0 bridgehead atoms. The first kappa shape index (κ1) is 34.4. The van der Waals surface area contributed by atoms with E-state index in [1.807, 2.05) is 22.8 Å². The van der Waals surface area contributed by atoms with E-state index >= 15 is 0 Å². The fourth-order valence-corrected chi connectivity index (χ4v) is 6.45. The van der Waals surface area contributed by atoms with Gasteiger partial charge in [0.25, 0.3) is 17.7 Å². The summed E-state index contributed by atoms with van der Waals surface area (Å²) in [6, 6.07) is 4.72. The van der Waals surface area contributed by atoms with E-state index in [0.29, 0.717) is 42.1 Å². The summed E-state index contributed by atoms with van der Waals surface area (Å²) in [5.74, 6) is 0.208. The molecule has 0 radical (unpaired) electrons. The number of benzene rings is 1. The van der Waals surface area contributed by atoms with E-state index in [1.54, 1.807) is 29.2 Å². The predicted octanol–water partition coefficient (Wildman–Crippen LogP) is 5.77. The average Bonchev–Trinajstić information content (AvgIpc) is 3.32. The fraction of sp³-hybridized carbons (Fsp3) is 0.611. The molecule has 4 rings (SSSR count). The number of nitrogens with zero attached hydrogens (tertiary/aromatic N) is 4. The Morgan fingerprint density at radius 3 is 2.36 bits per heavy atom. The molecule has 2 aliphatic rings. The maximum Gasteiger partial charge on any atom is 0.257 e. The van der Waals surface area contributed by atoms with E-state index < -0.39 is 12.1 Å². The van der Waals surface area contributed by atoms with Crippen LogP contribution in [0.1, 0.15) is 122 Å². The van der Waals surface area contributed by atoms with Crippen LogP contribution >= 0.6 is 0 Å². The number of hydrogen-bond donors (Lipinski definition) is 2. The van der Waals surface area contributed by atoms with Gasteiger partial charge >= 0.3 is 0 Å². The van der Waals surface area contributed by atoms with Gasteiger partial charge in [0.15, 0.2) is 0 Å². The molecule has 1 aliphatic carbocycles. The van der Waals surface area contributed by atoms with Gasteiger partial charge in [0, 0.05) is 43.5 Å². The smallest absolute Gasteiger partial charge is 0.257 e. The number of aliphatic hydroxyl groups excluding tert-OH is 1. The van der Waals surface area contributed by atoms with Crippen LogP contribution in [0.15, 0.2) is 42.2 Å². The average molecular weight is 620 g/mol. The Balaban J connectivity index is 1.51. The Labute approximate surface area is 269 Å². The predicted molar refractivity (Wildman–Crippen MR) is 177 cm³/mol. The molecule has 9 nitrogen and oxygen atoms in total. The molecule has 45 heavy (non-hydrogen) atoms. The van der Waals surface area contributed by atoms with Crippen LogP contribution in [0.25, 0.3) is 0 Å². The molecule has 2 N–H and O–H groups in total. The number of aliphatic hydroxyl groups is 1. The van der Waals surface area contributed by atoms with Gasteiger partial charge in [-0.25, -0.2) is 0 Å². The summed E-state index contributed by atoms with van der Waals surface area (Å²) in [6.45, 7) is 11.2. The molecule has 1 aliphatic heterocycles. The van der Waals surface area contributed by atoms with Crippen LogP contribution in [0.5, 0.6) is 0 Å². The van der Waals surface area contributed by atoms with Gasteiger partial charge in [-0.3, -0.25) is 19.1 Å². The maximum absolute atomic E-state index is 13.7. The molecule has 9 heteroatoms. The number of allylic oxidation sites excluding steroid dienone is 1. The number of aryl methyl sites for hydroxylation is 1. The van der Waals surface area contributed by atoms with Gasteiger partial charge in [0.05, 0.1) is 30.5 Å². The second kappa shape index (κ2) is 16.7. The van der Waals surface area contributed by atoms with E-state index in [2.05, 4.69) is 37.3 Å². The number of amides is 3. The Kier molecular flexibility index (Phi) is 12.8. The molecule has 2 heterocycles. The van der Waals surface area contributed by atoms with Crippen molar-refractivity contribution in [2.75, 3.05) is 26.2 Å². The molecule has 1 unspecified atom stereocenters. The lowest BCUT2D eigenvalue weighted by Crippen LogP contribution is -2.45. The monoisotopic (exact) mass is 619 g/mol. The highest BCUT2D eigenvalue weighted by Gasteiger charge is 2.27. The Bertz CT molecular complexity index is 1320. The lowest BCUT2D eigenvalue weighted by Gasteiger charge is -2.28. The van der Waals surface area contributed by atoms with Crippen molar-refractivity contribution >= 4 is 17.7 Å². The van der Waals surface area contributed by atoms with Gasteiger partial charge in [-0.05, 0) is 88.0 Å². The van der Waals surface area contributed by atoms with Crippen molar-refractivity contribution in [2.24, 2.45) is 5.92 Å². The minimum absolute atomic E-state index is 0.0230. The van der Waals surface area contributed by atoms with Crippen LogP contribution in [0.4, 0.5) is 0 Å². The molecular weight excluding hydrogens is 566 g/mol. The van der Waals surface area contributed by atoms with Crippen molar-refractivity contribution in [1.29, 1.82) is 0 Å². The van der Waals surface area contributed by atoms with Crippen LogP contribution < -0.4 is 5.32 Å². The van der Waals surface area contributed by atoms with Gasteiger partial charge in [0.2, 0.25) is 0 Å². The van der Waals surface area contributed by atoms with Crippen LogP contribution in [-0.4, -0.2) is 80.7 Å². The van der Waals surface area contributed by atoms with Crippen LogP contribution in [0.2, 0.25) is 0 Å². The van der Waals surface area contributed by atoms with Crippen molar-refractivity contribution in [3.05, 3.63) is 64.5 Å². The molecule has 1 aromatic carbocycles. The van der Waals surface area contributed by atoms with Crippen LogP contribution in [0, 0.1) is 12.8 Å². The maximum atomic E-state index is 13.7. The zero-order valence-electron chi connectivity index (χ0n) is 27.8. The number of nitrogens with one attached hydrogen (secondary N) is 1. The lowest BCUT2D eigenvalue weighted by molar-refractivity contribution is 0.0750. The summed E-state index contributed by atoms with van der Waals surface area (Å²) >= 11 is 0. The lowest BCUT2D eigenvalue weighted by atomic mass is 9.87. The first-order valence-electron chi connectivity index (χ1n) is 17.1. The Morgan fingerprint density at radius 2 is 1.71 bits per heavy atom. The molecule has 3 atom stereocenters. The summed E-state index contributed by atoms with van der Waals surface area (Å²) < 4.78 is 1.60. The molecule has 1 fully saturated rings. The first-order valence-corrected chi connectivity index (χ1v) is 17.1. The number of aromatic nitrogens is 2.